The molecular formula is C20H29FN4O2S. The van der Waals surface area contributed by atoms with E-state index in [2.05, 4.69) is 5.10 Å². The number of sulfonamides is 1. The van der Waals surface area contributed by atoms with Gasteiger partial charge in [-0.2, -0.15) is 5.10 Å². The summed E-state index contributed by atoms with van der Waals surface area (Å²) in [7, 11) is -0.427. The zero-order chi connectivity index (χ0) is 20.9. The highest BCUT2D eigenvalue weighted by atomic mass is 32.2. The van der Waals surface area contributed by atoms with Crippen LogP contribution >= 0.6 is 0 Å². The maximum atomic E-state index is 14.0. The monoisotopic (exact) mass is 408 g/mol. The Balaban J connectivity index is 2.35. The number of allylic oxidation sites excluding steroid dienone is 1. The molecule has 0 spiro atoms. The Morgan fingerprint density at radius 2 is 1.86 bits per heavy atom. The SMILES string of the molecule is CCc1nn(C/C(F)=C/CN)c(CC)c1Cc1ccc(S(=O)(=O)N(C)C)cc1. The summed E-state index contributed by atoms with van der Waals surface area (Å²) in [4.78, 5) is 0.261. The van der Waals surface area contributed by atoms with Crippen LogP contribution in [-0.2, 0) is 35.8 Å². The number of benzene rings is 1. The van der Waals surface area contributed by atoms with Crippen molar-refractivity contribution in [3.05, 3.63) is 58.7 Å². The molecule has 28 heavy (non-hydrogen) atoms. The maximum absolute atomic E-state index is 14.0. The molecule has 1 aromatic heterocycles. The number of rotatable bonds is 9. The van der Waals surface area contributed by atoms with Crippen molar-refractivity contribution in [3.8, 4) is 0 Å². The van der Waals surface area contributed by atoms with Crippen molar-refractivity contribution < 1.29 is 12.8 Å². The first-order valence-electron chi connectivity index (χ1n) is 9.38. The highest BCUT2D eigenvalue weighted by Crippen LogP contribution is 2.23. The zero-order valence-electron chi connectivity index (χ0n) is 16.9. The molecule has 2 N–H and O–H groups in total. The van der Waals surface area contributed by atoms with E-state index in [1.807, 2.05) is 26.0 Å². The van der Waals surface area contributed by atoms with Crippen molar-refractivity contribution in [2.45, 2.75) is 44.6 Å². The van der Waals surface area contributed by atoms with Crippen molar-refractivity contribution in [1.82, 2.24) is 14.1 Å². The minimum atomic E-state index is -3.45. The number of halogens is 1. The van der Waals surface area contributed by atoms with Crippen LogP contribution in [0.3, 0.4) is 0 Å². The first-order chi connectivity index (χ1) is 13.2. The van der Waals surface area contributed by atoms with Crippen LogP contribution in [0.1, 0.15) is 36.4 Å². The van der Waals surface area contributed by atoms with E-state index in [9.17, 15) is 12.8 Å². The molecule has 6 nitrogen and oxygen atoms in total. The predicted molar refractivity (Wildman–Crippen MR) is 109 cm³/mol. The van der Waals surface area contributed by atoms with E-state index in [0.29, 0.717) is 6.42 Å². The summed E-state index contributed by atoms with van der Waals surface area (Å²) >= 11 is 0. The number of hydrogen-bond donors (Lipinski definition) is 1. The normalized spacial score (nSPS) is 12.8. The van der Waals surface area contributed by atoms with Gasteiger partial charge in [0.25, 0.3) is 0 Å². The molecule has 2 aromatic rings. The number of nitrogens with zero attached hydrogens (tertiary/aromatic N) is 3. The lowest BCUT2D eigenvalue weighted by molar-refractivity contribution is 0.511. The zero-order valence-corrected chi connectivity index (χ0v) is 17.8. The molecule has 0 unspecified atom stereocenters. The highest BCUT2D eigenvalue weighted by molar-refractivity contribution is 7.89. The summed E-state index contributed by atoms with van der Waals surface area (Å²) in [5.41, 5.74) is 9.37. The summed E-state index contributed by atoms with van der Waals surface area (Å²) < 4.78 is 41.3. The molecule has 0 aliphatic rings. The predicted octanol–water partition coefficient (Wildman–Crippen LogP) is 2.66. The fourth-order valence-corrected chi connectivity index (χ4v) is 4.03. The first-order valence-corrected chi connectivity index (χ1v) is 10.8. The van der Waals surface area contributed by atoms with Crippen molar-refractivity contribution in [1.29, 1.82) is 0 Å². The number of aryl methyl sites for hydroxylation is 1. The van der Waals surface area contributed by atoms with Gasteiger partial charge in [-0.05, 0) is 36.6 Å². The van der Waals surface area contributed by atoms with Gasteiger partial charge in [-0.1, -0.05) is 26.0 Å². The average Bonchev–Trinajstić information content (AvgIpc) is 2.98. The molecular weight excluding hydrogens is 379 g/mol. The van der Waals surface area contributed by atoms with E-state index >= 15 is 0 Å². The van der Waals surface area contributed by atoms with E-state index in [-0.39, 0.29) is 23.8 Å². The van der Waals surface area contributed by atoms with Crippen LogP contribution < -0.4 is 5.73 Å². The third kappa shape index (κ3) is 4.87. The number of aromatic nitrogens is 2. The number of nitrogens with two attached hydrogens (primary N) is 1. The second-order valence-corrected chi connectivity index (χ2v) is 8.88. The molecule has 0 aliphatic heterocycles. The lowest BCUT2D eigenvalue weighted by atomic mass is 10.0. The van der Waals surface area contributed by atoms with Gasteiger partial charge in [-0.3, -0.25) is 4.68 Å². The average molecular weight is 409 g/mol. The molecule has 0 atom stereocenters. The maximum Gasteiger partial charge on any atom is 0.242 e. The van der Waals surface area contributed by atoms with Gasteiger partial charge in [0.1, 0.15) is 5.83 Å². The van der Waals surface area contributed by atoms with Crippen LogP contribution in [0.15, 0.2) is 41.1 Å². The molecule has 8 heteroatoms. The van der Waals surface area contributed by atoms with Crippen LogP contribution in [-0.4, -0.2) is 43.1 Å². The Hall–Kier alpha value is -2.03. The molecule has 0 aliphatic carbocycles. The van der Waals surface area contributed by atoms with Crippen molar-refractivity contribution in [2.24, 2.45) is 5.73 Å². The van der Waals surface area contributed by atoms with Crippen molar-refractivity contribution in [2.75, 3.05) is 20.6 Å². The van der Waals surface area contributed by atoms with Crippen LogP contribution in [0.4, 0.5) is 4.39 Å². The van der Waals surface area contributed by atoms with Crippen molar-refractivity contribution in [3.63, 3.8) is 0 Å². The lowest BCUT2D eigenvalue weighted by Crippen LogP contribution is -2.22. The van der Waals surface area contributed by atoms with Gasteiger partial charge in [0.15, 0.2) is 0 Å². The Morgan fingerprint density at radius 1 is 1.21 bits per heavy atom. The molecule has 0 amide bonds. The highest BCUT2D eigenvalue weighted by Gasteiger charge is 2.19. The van der Waals surface area contributed by atoms with Crippen LogP contribution in [0.5, 0.6) is 0 Å². The molecule has 154 valence electrons. The largest absolute Gasteiger partial charge is 0.327 e. The molecule has 0 radical (unpaired) electrons. The molecule has 0 bridgehead atoms. The fourth-order valence-electron chi connectivity index (χ4n) is 3.13. The van der Waals surface area contributed by atoms with E-state index in [1.54, 1.807) is 16.8 Å². The van der Waals surface area contributed by atoms with Crippen LogP contribution in [0.25, 0.3) is 0 Å². The van der Waals surface area contributed by atoms with Crippen LogP contribution in [0.2, 0.25) is 0 Å². The fraction of sp³-hybridized carbons (Fsp3) is 0.450. The Kier molecular flexibility index (Phi) is 7.51. The van der Waals surface area contributed by atoms with Crippen LogP contribution in [0, 0.1) is 0 Å². The Bertz CT molecular complexity index is 932. The van der Waals surface area contributed by atoms with Gasteiger partial charge in [-0.15, -0.1) is 0 Å². The standard InChI is InChI=1S/C20H29FN4O2S/c1-5-19-18(20(6-2)25(23-19)14-16(21)11-12-22)13-15-7-9-17(10-8-15)28(26,27)24(3)4/h7-11H,5-6,12-14,22H2,1-4H3/b16-11-. The number of hydrogen-bond acceptors (Lipinski definition) is 4. The Morgan fingerprint density at radius 3 is 2.36 bits per heavy atom. The molecule has 1 heterocycles. The first kappa shape index (κ1) is 22.3. The van der Waals surface area contributed by atoms with Gasteiger partial charge in [0.2, 0.25) is 10.0 Å². The Labute approximate surface area is 166 Å². The van der Waals surface area contributed by atoms with E-state index in [0.717, 1.165) is 35.4 Å². The summed E-state index contributed by atoms with van der Waals surface area (Å²) in [6.45, 7) is 4.28. The quantitative estimate of drug-likeness (QED) is 0.692. The molecule has 0 fully saturated rings. The van der Waals surface area contributed by atoms with Gasteiger partial charge in [-0.25, -0.2) is 17.1 Å². The summed E-state index contributed by atoms with van der Waals surface area (Å²) in [6, 6.07) is 6.88. The molecule has 1 aromatic carbocycles. The summed E-state index contributed by atoms with van der Waals surface area (Å²) in [5, 5.41) is 4.59. The molecule has 2 rings (SSSR count). The second kappa shape index (κ2) is 9.45. The van der Waals surface area contributed by atoms with E-state index in [1.165, 1.54) is 24.5 Å². The third-order valence-electron chi connectivity index (χ3n) is 4.64. The van der Waals surface area contributed by atoms with E-state index in [4.69, 9.17) is 5.73 Å². The second-order valence-electron chi connectivity index (χ2n) is 6.73. The van der Waals surface area contributed by atoms with E-state index < -0.39 is 10.0 Å². The van der Waals surface area contributed by atoms with Crippen molar-refractivity contribution >= 4 is 10.0 Å². The van der Waals surface area contributed by atoms with Gasteiger partial charge >= 0.3 is 0 Å². The third-order valence-corrected chi connectivity index (χ3v) is 6.47. The lowest BCUT2D eigenvalue weighted by Gasteiger charge is -2.12. The van der Waals surface area contributed by atoms with Gasteiger partial charge < -0.3 is 5.73 Å². The minimum absolute atomic E-state index is 0.0768. The topological polar surface area (TPSA) is 81.2 Å². The van der Waals surface area contributed by atoms with Gasteiger partial charge in [0.05, 0.1) is 17.1 Å². The smallest absolute Gasteiger partial charge is 0.242 e. The molecule has 0 saturated heterocycles. The van der Waals surface area contributed by atoms with Gasteiger partial charge in [0, 0.05) is 38.3 Å². The summed E-state index contributed by atoms with van der Waals surface area (Å²) in [6.07, 6.45) is 3.45. The molecule has 0 saturated carbocycles. The summed E-state index contributed by atoms with van der Waals surface area (Å²) in [5.74, 6) is -0.299. The minimum Gasteiger partial charge on any atom is -0.327 e.